The lowest BCUT2D eigenvalue weighted by Crippen LogP contribution is -2.52. The van der Waals surface area contributed by atoms with E-state index in [9.17, 15) is 9.90 Å². The Morgan fingerprint density at radius 1 is 1.23 bits per heavy atom. The van der Waals surface area contributed by atoms with E-state index in [0.29, 0.717) is 36.2 Å². The van der Waals surface area contributed by atoms with E-state index < -0.39 is 11.0 Å². The lowest BCUT2D eigenvalue weighted by molar-refractivity contribution is 0.0695. The maximum absolute atomic E-state index is 14.0. The summed E-state index contributed by atoms with van der Waals surface area (Å²) in [6.45, 7) is 5.83. The lowest BCUT2D eigenvalue weighted by Gasteiger charge is -2.37. The lowest BCUT2D eigenvalue weighted by atomic mass is 9.71. The van der Waals surface area contributed by atoms with Crippen molar-refractivity contribution in [2.75, 3.05) is 6.54 Å². The molecule has 0 spiro atoms. The number of rotatable bonds is 5. The van der Waals surface area contributed by atoms with E-state index in [-0.39, 0.29) is 5.78 Å². The van der Waals surface area contributed by atoms with Crippen LogP contribution in [0.3, 0.4) is 0 Å². The molecule has 2 N–H and O–H groups in total. The van der Waals surface area contributed by atoms with Gasteiger partial charge in [-0.3, -0.25) is 9.78 Å². The maximum atomic E-state index is 14.0. The van der Waals surface area contributed by atoms with Gasteiger partial charge in [-0.15, -0.1) is 0 Å². The smallest absolute Gasteiger partial charge is 0.196 e. The van der Waals surface area contributed by atoms with E-state index in [1.807, 2.05) is 42.5 Å². The van der Waals surface area contributed by atoms with Crippen molar-refractivity contribution in [2.24, 2.45) is 0 Å². The summed E-state index contributed by atoms with van der Waals surface area (Å²) in [6.07, 6.45) is 3.08. The third kappa shape index (κ3) is 3.68. The van der Waals surface area contributed by atoms with Gasteiger partial charge >= 0.3 is 0 Å². The molecule has 0 aliphatic carbocycles. The number of aliphatic hydroxyl groups is 1. The van der Waals surface area contributed by atoms with Gasteiger partial charge < -0.3 is 14.9 Å². The molecule has 2 atom stereocenters. The molecule has 6 nitrogen and oxygen atoms in total. The number of aromatic nitrogens is 2. The number of carbonyl (C=O) groups is 1. The quantitative estimate of drug-likeness (QED) is 0.627. The van der Waals surface area contributed by atoms with Crippen LogP contribution in [0.1, 0.15) is 55.6 Å². The van der Waals surface area contributed by atoms with Gasteiger partial charge in [-0.05, 0) is 45.2 Å². The minimum atomic E-state index is -1.15. The Balaban J connectivity index is 1.82. The number of carbonyl (C=O) groups excluding carboxylic acids is 1. The topological polar surface area (TPSA) is 88.2 Å². The molecule has 3 aromatic rings. The molecular formula is C24H27N3O3. The van der Waals surface area contributed by atoms with Crippen LogP contribution in [0.4, 0.5) is 0 Å². The van der Waals surface area contributed by atoms with Crippen molar-refractivity contribution in [3.05, 3.63) is 71.9 Å². The number of nitrogens with zero attached hydrogens (tertiary/aromatic N) is 2. The van der Waals surface area contributed by atoms with Gasteiger partial charge in [-0.25, -0.2) is 0 Å². The second-order valence-electron chi connectivity index (χ2n) is 8.63. The first-order valence-electron chi connectivity index (χ1n) is 10.3. The van der Waals surface area contributed by atoms with Gasteiger partial charge in [0.1, 0.15) is 22.4 Å². The Morgan fingerprint density at radius 3 is 2.63 bits per heavy atom. The number of benzene rings is 1. The third-order valence-electron chi connectivity index (χ3n) is 5.91. The van der Waals surface area contributed by atoms with Gasteiger partial charge in [0.05, 0.1) is 0 Å². The first-order chi connectivity index (χ1) is 14.3. The molecule has 3 heterocycles. The van der Waals surface area contributed by atoms with Crippen LogP contribution in [0.2, 0.25) is 0 Å². The van der Waals surface area contributed by atoms with Gasteiger partial charge in [-0.2, -0.15) is 0 Å². The first-order valence-corrected chi connectivity index (χ1v) is 10.3. The van der Waals surface area contributed by atoms with Crippen LogP contribution in [-0.2, 0) is 11.0 Å². The van der Waals surface area contributed by atoms with Gasteiger partial charge in [-0.1, -0.05) is 41.6 Å². The summed E-state index contributed by atoms with van der Waals surface area (Å²) in [5.74, 6) is 0.369. The highest BCUT2D eigenvalue weighted by atomic mass is 16.5. The summed E-state index contributed by atoms with van der Waals surface area (Å²) in [7, 11) is 0. The minimum Gasteiger partial charge on any atom is -0.384 e. The fraction of sp³-hybridized carbons (Fsp3) is 0.375. The summed E-state index contributed by atoms with van der Waals surface area (Å²) in [5.41, 5.74) is 0.482. The highest BCUT2D eigenvalue weighted by Crippen LogP contribution is 2.39. The number of pyridine rings is 1. The zero-order chi connectivity index (χ0) is 21.4. The van der Waals surface area contributed by atoms with Crippen molar-refractivity contribution in [2.45, 2.75) is 50.7 Å². The van der Waals surface area contributed by atoms with Crippen molar-refractivity contribution in [3.63, 3.8) is 0 Å². The molecule has 1 aromatic carbocycles. The van der Waals surface area contributed by atoms with Crippen LogP contribution < -0.4 is 5.32 Å². The number of nitrogens with one attached hydrogen (secondary N) is 1. The molecule has 1 fully saturated rings. The van der Waals surface area contributed by atoms with Gasteiger partial charge in [0.2, 0.25) is 0 Å². The number of ketones is 1. The van der Waals surface area contributed by atoms with Crippen molar-refractivity contribution in [1.82, 2.24) is 15.5 Å². The number of hydrogen-bond acceptors (Lipinski definition) is 6. The number of Topliss-reactive ketones (excluding diaryl/α,β-unsaturated/α-hetero) is 1. The second kappa shape index (κ2) is 7.78. The van der Waals surface area contributed by atoms with Crippen LogP contribution >= 0.6 is 0 Å². The van der Waals surface area contributed by atoms with E-state index in [2.05, 4.69) is 22.4 Å². The number of hydrogen-bond donors (Lipinski definition) is 2. The average Bonchev–Trinajstić information content (AvgIpc) is 3.26. The molecule has 4 rings (SSSR count). The largest absolute Gasteiger partial charge is 0.384 e. The van der Waals surface area contributed by atoms with Crippen LogP contribution in [0.5, 0.6) is 0 Å². The van der Waals surface area contributed by atoms with Crippen molar-refractivity contribution in [3.8, 4) is 11.1 Å². The van der Waals surface area contributed by atoms with Crippen LogP contribution in [0.15, 0.2) is 59.3 Å². The standard InChI is InChI=1S/C24H27N3O3/c1-16-11-12-24(15-26-16,20-14-19(27-30-20)23(2,3)29)22(28)21-18(10-7-13-25-21)17-8-5-4-6-9-17/h4-10,13-14,16,26,29H,11-12,15H2,1-3H3/t16-,24-/m1/s1. The molecule has 0 radical (unpaired) electrons. The van der Waals surface area contributed by atoms with E-state index in [0.717, 1.165) is 17.5 Å². The van der Waals surface area contributed by atoms with Crippen LogP contribution in [0.25, 0.3) is 11.1 Å². The molecule has 0 saturated carbocycles. The Morgan fingerprint density at radius 2 is 2.00 bits per heavy atom. The second-order valence-corrected chi connectivity index (χ2v) is 8.63. The fourth-order valence-electron chi connectivity index (χ4n) is 3.97. The molecule has 30 heavy (non-hydrogen) atoms. The van der Waals surface area contributed by atoms with E-state index in [1.165, 1.54) is 0 Å². The van der Waals surface area contributed by atoms with Crippen LogP contribution in [0, 0.1) is 0 Å². The van der Waals surface area contributed by atoms with Crippen molar-refractivity contribution < 1.29 is 14.4 Å². The predicted octanol–water partition coefficient (Wildman–Crippen LogP) is 3.86. The molecule has 2 aromatic heterocycles. The van der Waals surface area contributed by atoms with E-state index in [1.54, 1.807) is 26.1 Å². The summed E-state index contributed by atoms with van der Waals surface area (Å²) >= 11 is 0. The molecule has 1 aliphatic rings. The average molecular weight is 405 g/mol. The molecule has 156 valence electrons. The molecule has 1 aliphatic heterocycles. The summed E-state index contributed by atoms with van der Waals surface area (Å²) in [6, 6.07) is 15.6. The van der Waals surface area contributed by atoms with Gasteiger partial charge in [0, 0.05) is 30.4 Å². The molecule has 1 saturated heterocycles. The summed E-state index contributed by atoms with van der Waals surface area (Å²) in [5, 5.41) is 17.8. The molecule has 0 unspecified atom stereocenters. The van der Waals surface area contributed by atoms with Crippen molar-refractivity contribution in [1.29, 1.82) is 0 Å². The molecular weight excluding hydrogens is 378 g/mol. The van der Waals surface area contributed by atoms with Gasteiger partial charge in [0.25, 0.3) is 0 Å². The Labute approximate surface area is 176 Å². The highest BCUT2D eigenvalue weighted by molar-refractivity contribution is 6.07. The van der Waals surface area contributed by atoms with E-state index >= 15 is 0 Å². The molecule has 0 bridgehead atoms. The van der Waals surface area contributed by atoms with Gasteiger partial charge in [0.15, 0.2) is 11.5 Å². The zero-order valence-corrected chi connectivity index (χ0v) is 17.6. The Bertz CT molecular complexity index is 1030. The fourth-order valence-corrected chi connectivity index (χ4v) is 3.97. The Hall–Kier alpha value is -2.83. The normalized spacial score (nSPS) is 22.1. The van der Waals surface area contributed by atoms with Crippen LogP contribution in [-0.4, -0.2) is 33.6 Å². The molecule has 0 amide bonds. The number of piperidine rings is 1. The summed E-state index contributed by atoms with van der Waals surface area (Å²) in [4.78, 5) is 18.5. The Kier molecular flexibility index (Phi) is 5.30. The predicted molar refractivity (Wildman–Crippen MR) is 114 cm³/mol. The monoisotopic (exact) mass is 405 g/mol. The maximum Gasteiger partial charge on any atom is 0.196 e. The minimum absolute atomic E-state index is 0.0974. The highest BCUT2D eigenvalue weighted by Gasteiger charge is 2.48. The zero-order valence-electron chi connectivity index (χ0n) is 17.6. The SMILES string of the molecule is C[C@@H]1CC[C@](C(=O)c2ncccc2-c2ccccc2)(c2cc(C(C)(C)O)no2)CN1. The molecule has 6 heteroatoms. The first kappa shape index (κ1) is 20.4. The van der Waals surface area contributed by atoms with Crippen molar-refractivity contribution >= 4 is 5.78 Å². The third-order valence-corrected chi connectivity index (χ3v) is 5.91. The van der Waals surface area contributed by atoms with E-state index in [4.69, 9.17) is 4.52 Å². The summed E-state index contributed by atoms with van der Waals surface area (Å²) < 4.78 is 5.66.